The van der Waals surface area contributed by atoms with E-state index in [4.69, 9.17) is 9.47 Å². The Morgan fingerprint density at radius 3 is 2.21 bits per heavy atom. The van der Waals surface area contributed by atoms with Gasteiger partial charge in [-0.3, -0.25) is 0 Å². The van der Waals surface area contributed by atoms with Crippen molar-refractivity contribution in [2.75, 3.05) is 14.2 Å². The summed E-state index contributed by atoms with van der Waals surface area (Å²) < 4.78 is 12.7. The Balaban J connectivity index is 2.42. The summed E-state index contributed by atoms with van der Waals surface area (Å²) in [5.74, 6) is 1.25. The van der Waals surface area contributed by atoms with Crippen molar-refractivity contribution >= 4 is 23.9 Å². The van der Waals surface area contributed by atoms with E-state index in [0.717, 1.165) is 4.46 Å². The Morgan fingerprint density at radius 2 is 1.63 bits per heavy atom. The summed E-state index contributed by atoms with van der Waals surface area (Å²) in [5.41, 5.74) is 0.640. The minimum absolute atomic E-state index is 0.0753. The predicted molar refractivity (Wildman–Crippen MR) is 75.7 cm³/mol. The zero-order valence-electron chi connectivity index (χ0n) is 10.7. The first-order valence-electron chi connectivity index (χ1n) is 5.67. The van der Waals surface area contributed by atoms with E-state index in [0.29, 0.717) is 17.1 Å². The van der Waals surface area contributed by atoms with Crippen molar-refractivity contribution in [2.24, 2.45) is 0 Å². The fraction of sp³-hybridized carbons (Fsp3) is 0.133. The van der Waals surface area contributed by atoms with Crippen LogP contribution in [-0.2, 0) is 0 Å². The second kappa shape index (κ2) is 6.28. The molecule has 3 nitrogen and oxygen atoms in total. The van der Waals surface area contributed by atoms with Gasteiger partial charge < -0.3 is 0 Å². The molecule has 0 aliphatic heterocycles. The van der Waals surface area contributed by atoms with Crippen LogP contribution < -0.4 is 18.4 Å². The molecule has 0 heterocycles. The molecule has 0 amide bonds. The fourth-order valence-corrected chi connectivity index (χ4v) is 3.59. The topological polar surface area (TPSA) is 42.2 Å². The average molecular weight is 318 g/mol. The summed E-state index contributed by atoms with van der Waals surface area (Å²) in [6.45, 7) is 0. The third-order valence-electron chi connectivity index (χ3n) is 2.58. The zero-order valence-corrected chi connectivity index (χ0v) is 12.4. The number of hydrogen-bond donors (Lipinski definition) is 0. The molecule has 0 N–H and O–H groups in total. The molecule has 0 saturated heterocycles. The van der Waals surface area contributed by atoms with E-state index in [1.54, 1.807) is 20.3 Å². The molecule has 0 bridgehead atoms. The molecule has 96 valence electrons. The van der Waals surface area contributed by atoms with Gasteiger partial charge in [0.25, 0.3) is 0 Å². The molecule has 0 unspecified atom stereocenters. The van der Waals surface area contributed by atoms with E-state index in [1.807, 2.05) is 24.3 Å². The van der Waals surface area contributed by atoms with Gasteiger partial charge in [-0.25, -0.2) is 0 Å². The number of ether oxygens (including phenoxy) is 2. The van der Waals surface area contributed by atoms with E-state index in [1.165, 1.54) is 4.46 Å². The van der Waals surface area contributed by atoms with Crippen LogP contribution in [0.1, 0.15) is 5.56 Å². The van der Waals surface area contributed by atoms with Crippen molar-refractivity contribution in [3.05, 3.63) is 48.0 Å². The van der Waals surface area contributed by atoms with Crippen LogP contribution in [0.4, 0.5) is 0 Å². The van der Waals surface area contributed by atoms with Crippen molar-refractivity contribution in [1.82, 2.24) is 0 Å². The number of methoxy groups -OCH3 is 2. The Kier molecular flexibility index (Phi) is 4.46. The molecule has 19 heavy (non-hydrogen) atoms. The molecular formula is C15H13NO2Se. The van der Waals surface area contributed by atoms with E-state index >= 15 is 0 Å². The normalized spacial score (nSPS) is 9.74. The summed E-state index contributed by atoms with van der Waals surface area (Å²) in [7, 11) is 3.17. The van der Waals surface area contributed by atoms with Crippen molar-refractivity contribution in [3.63, 3.8) is 0 Å². The number of rotatable bonds is 4. The van der Waals surface area contributed by atoms with E-state index < -0.39 is 0 Å². The van der Waals surface area contributed by atoms with Crippen LogP contribution in [0.15, 0.2) is 42.5 Å². The molecule has 0 fully saturated rings. The van der Waals surface area contributed by atoms with Crippen LogP contribution in [0.25, 0.3) is 0 Å². The van der Waals surface area contributed by atoms with Crippen LogP contribution in [0.3, 0.4) is 0 Å². The average Bonchev–Trinajstić information content (AvgIpc) is 2.47. The Labute approximate surface area is 118 Å². The van der Waals surface area contributed by atoms with Gasteiger partial charge in [-0.05, 0) is 0 Å². The molecule has 2 rings (SSSR count). The maximum absolute atomic E-state index is 9.24. The second-order valence-corrected chi connectivity index (χ2v) is 6.07. The number of nitrogens with zero attached hydrogens (tertiary/aromatic N) is 1. The summed E-state index contributed by atoms with van der Waals surface area (Å²) in [6, 6.07) is 16.0. The number of hydrogen-bond acceptors (Lipinski definition) is 3. The number of benzene rings is 2. The zero-order chi connectivity index (χ0) is 13.7. The molecule has 0 saturated carbocycles. The molecule has 0 aromatic heterocycles. The summed E-state index contributed by atoms with van der Waals surface area (Å²) >= 11 is 0.0753. The van der Waals surface area contributed by atoms with Crippen molar-refractivity contribution in [2.45, 2.75) is 0 Å². The molecular weight excluding hydrogens is 305 g/mol. The first-order valence-corrected chi connectivity index (χ1v) is 7.39. The monoisotopic (exact) mass is 319 g/mol. The first-order chi connectivity index (χ1) is 9.28. The van der Waals surface area contributed by atoms with Gasteiger partial charge >= 0.3 is 118 Å². The van der Waals surface area contributed by atoms with Crippen LogP contribution in [-0.4, -0.2) is 29.2 Å². The molecule has 0 radical (unpaired) electrons. The molecule has 0 atom stereocenters. The van der Waals surface area contributed by atoms with E-state index in [-0.39, 0.29) is 15.0 Å². The van der Waals surface area contributed by atoms with Gasteiger partial charge in [-0.1, -0.05) is 0 Å². The predicted octanol–water partition coefficient (Wildman–Crippen LogP) is 1.23. The van der Waals surface area contributed by atoms with Gasteiger partial charge in [0, 0.05) is 0 Å². The quantitative estimate of drug-likeness (QED) is 0.797. The van der Waals surface area contributed by atoms with Crippen LogP contribution in [0, 0.1) is 11.3 Å². The molecule has 0 aliphatic rings. The van der Waals surface area contributed by atoms with Gasteiger partial charge in [0.1, 0.15) is 0 Å². The first kappa shape index (κ1) is 13.5. The summed E-state index contributed by atoms with van der Waals surface area (Å²) in [4.78, 5) is 0. The SMILES string of the molecule is COc1cc(C#N)c([Se]c2ccccc2)cc1OC. The molecule has 2 aromatic carbocycles. The maximum atomic E-state index is 9.24. The summed E-state index contributed by atoms with van der Waals surface area (Å²) in [6.07, 6.45) is 0. The molecule has 4 heteroatoms. The summed E-state index contributed by atoms with van der Waals surface area (Å²) in [5, 5.41) is 9.24. The van der Waals surface area contributed by atoms with Crippen LogP contribution in [0.2, 0.25) is 0 Å². The Bertz CT molecular complexity index is 606. The number of nitriles is 1. The molecule has 0 spiro atoms. The van der Waals surface area contributed by atoms with Crippen molar-refractivity contribution in [3.8, 4) is 17.6 Å². The fourth-order valence-electron chi connectivity index (χ4n) is 1.65. The van der Waals surface area contributed by atoms with Gasteiger partial charge in [0.2, 0.25) is 0 Å². The Hall–Kier alpha value is -1.95. The third-order valence-corrected chi connectivity index (χ3v) is 4.81. The van der Waals surface area contributed by atoms with Gasteiger partial charge in [0.15, 0.2) is 0 Å². The molecule has 2 aromatic rings. The van der Waals surface area contributed by atoms with Crippen molar-refractivity contribution in [1.29, 1.82) is 5.26 Å². The van der Waals surface area contributed by atoms with E-state index in [9.17, 15) is 5.26 Å². The van der Waals surface area contributed by atoms with E-state index in [2.05, 4.69) is 18.2 Å². The van der Waals surface area contributed by atoms with Gasteiger partial charge in [-0.2, -0.15) is 0 Å². The molecule has 0 aliphatic carbocycles. The third kappa shape index (κ3) is 3.08. The van der Waals surface area contributed by atoms with Crippen LogP contribution >= 0.6 is 0 Å². The van der Waals surface area contributed by atoms with Crippen molar-refractivity contribution < 1.29 is 9.47 Å². The Morgan fingerprint density at radius 1 is 1.00 bits per heavy atom. The second-order valence-electron chi connectivity index (χ2n) is 3.73. The minimum atomic E-state index is 0.0753. The van der Waals surface area contributed by atoms with Crippen LogP contribution in [0.5, 0.6) is 11.5 Å². The standard InChI is InChI=1S/C15H13NO2Se/c1-17-13-8-11(10-16)15(9-14(13)18-2)19-12-6-4-3-5-7-12/h3-9H,1-2H3. The van der Waals surface area contributed by atoms with Gasteiger partial charge in [0.05, 0.1) is 0 Å². The van der Waals surface area contributed by atoms with Gasteiger partial charge in [-0.15, -0.1) is 0 Å².